The maximum atomic E-state index is 10.2. The molecule has 0 radical (unpaired) electrons. The lowest BCUT2D eigenvalue weighted by Crippen LogP contribution is -2.11. The molecule has 3 nitrogen and oxygen atoms in total. The Kier molecular flexibility index (Phi) is 4.98. The average molecular weight is 183 g/mol. The molecule has 0 aliphatic carbocycles. The summed E-state index contributed by atoms with van der Waals surface area (Å²) in [5, 5.41) is -1.14. The SMILES string of the molecule is O=C(Cl)C(=O)OCC=CCl. The summed E-state index contributed by atoms with van der Waals surface area (Å²) >= 11 is 9.81. The Morgan fingerprint density at radius 3 is 2.50 bits per heavy atom. The normalized spacial score (nSPS) is 9.80. The molecule has 0 fully saturated rings. The van der Waals surface area contributed by atoms with Gasteiger partial charge < -0.3 is 4.74 Å². The summed E-state index contributed by atoms with van der Waals surface area (Å²) in [6.07, 6.45) is 1.36. The van der Waals surface area contributed by atoms with Gasteiger partial charge in [0.15, 0.2) is 0 Å². The van der Waals surface area contributed by atoms with Gasteiger partial charge >= 0.3 is 11.2 Å². The molecule has 0 atom stereocenters. The summed E-state index contributed by atoms with van der Waals surface area (Å²) in [6, 6.07) is 0. The zero-order valence-corrected chi connectivity index (χ0v) is 6.35. The van der Waals surface area contributed by atoms with E-state index in [2.05, 4.69) is 4.74 Å². The maximum Gasteiger partial charge on any atom is 0.391 e. The number of halogens is 2. The van der Waals surface area contributed by atoms with Gasteiger partial charge in [0.2, 0.25) is 0 Å². The van der Waals surface area contributed by atoms with E-state index < -0.39 is 11.2 Å². The minimum Gasteiger partial charge on any atom is -0.455 e. The van der Waals surface area contributed by atoms with Crippen LogP contribution in [0.3, 0.4) is 0 Å². The van der Waals surface area contributed by atoms with Gasteiger partial charge in [-0.1, -0.05) is 11.6 Å². The molecular weight excluding hydrogens is 179 g/mol. The molecule has 0 aliphatic rings. The van der Waals surface area contributed by atoms with Gasteiger partial charge in [-0.05, 0) is 17.7 Å². The van der Waals surface area contributed by atoms with Gasteiger partial charge in [0, 0.05) is 5.54 Å². The van der Waals surface area contributed by atoms with Crippen LogP contribution in [0.1, 0.15) is 0 Å². The topological polar surface area (TPSA) is 43.4 Å². The monoisotopic (exact) mass is 182 g/mol. The quantitative estimate of drug-likeness (QED) is 0.373. The van der Waals surface area contributed by atoms with E-state index in [0.29, 0.717) is 0 Å². The minimum atomic E-state index is -1.14. The third-order valence-electron chi connectivity index (χ3n) is 0.560. The highest BCUT2D eigenvalue weighted by Crippen LogP contribution is 1.87. The summed E-state index contributed by atoms with van der Waals surface area (Å²) in [4.78, 5) is 20.2. The Balaban J connectivity index is 3.50. The fourth-order valence-electron chi connectivity index (χ4n) is 0.217. The molecule has 0 unspecified atom stereocenters. The van der Waals surface area contributed by atoms with Gasteiger partial charge in [-0.2, -0.15) is 0 Å². The number of rotatable bonds is 3. The summed E-state index contributed by atoms with van der Waals surface area (Å²) in [5.74, 6) is -1.07. The van der Waals surface area contributed by atoms with E-state index in [1.807, 2.05) is 0 Å². The lowest BCUT2D eigenvalue weighted by molar-refractivity contribution is -0.149. The number of ether oxygens (including phenoxy) is 1. The largest absolute Gasteiger partial charge is 0.455 e. The zero-order chi connectivity index (χ0) is 7.98. The molecule has 0 bridgehead atoms. The molecule has 0 heterocycles. The summed E-state index contributed by atoms with van der Waals surface area (Å²) in [7, 11) is 0. The van der Waals surface area contributed by atoms with Gasteiger partial charge in [-0.3, -0.25) is 4.79 Å². The lowest BCUT2D eigenvalue weighted by Gasteiger charge is -1.93. The standard InChI is InChI=1S/C5H4Cl2O3/c6-2-1-3-10-5(9)4(7)8/h1-2H,3H2. The first kappa shape index (κ1) is 9.46. The van der Waals surface area contributed by atoms with E-state index >= 15 is 0 Å². The van der Waals surface area contributed by atoms with Crippen LogP contribution < -0.4 is 0 Å². The van der Waals surface area contributed by atoms with Crippen LogP contribution in [-0.4, -0.2) is 17.8 Å². The molecule has 0 amide bonds. The molecule has 5 heteroatoms. The molecule has 56 valence electrons. The molecular formula is C5H4Cl2O3. The molecule has 0 rings (SSSR count). The van der Waals surface area contributed by atoms with Crippen LogP contribution in [0.4, 0.5) is 0 Å². The van der Waals surface area contributed by atoms with Crippen LogP contribution in [0.5, 0.6) is 0 Å². The number of hydrogen-bond donors (Lipinski definition) is 0. The molecule has 0 aromatic rings. The number of esters is 1. The second-order valence-electron chi connectivity index (χ2n) is 1.23. The van der Waals surface area contributed by atoms with E-state index in [9.17, 15) is 9.59 Å². The predicted octanol–water partition coefficient (Wildman–Crippen LogP) is 1.05. The van der Waals surface area contributed by atoms with E-state index in [4.69, 9.17) is 23.2 Å². The van der Waals surface area contributed by atoms with Crippen LogP contribution in [0.15, 0.2) is 11.6 Å². The Morgan fingerprint density at radius 1 is 1.50 bits per heavy atom. The number of carbonyl (C=O) groups excluding carboxylic acids is 2. The third kappa shape index (κ3) is 4.35. The highest BCUT2D eigenvalue weighted by Gasteiger charge is 2.09. The second kappa shape index (κ2) is 5.26. The van der Waals surface area contributed by atoms with Crippen LogP contribution in [-0.2, 0) is 14.3 Å². The molecule has 0 aromatic heterocycles. The predicted molar refractivity (Wildman–Crippen MR) is 36.8 cm³/mol. The Bertz CT molecular complexity index is 164. The van der Waals surface area contributed by atoms with Gasteiger partial charge in [-0.15, -0.1) is 0 Å². The smallest absolute Gasteiger partial charge is 0.391 e. The molecule has 0 aliphatic heterocycles. The van der Waals surface area contributed by atoms with Crippen molar-refractivity contribution in [1.29, 1.82) is 0 Å². The van der Waals surface area contributed by atoms with E-state index in [1.165, 1.54) is 11.6 Å². The third-order valence-corrected chi connectivity index (χ3v) is 0.893. The van der Waals surface area contributed by atoms with Crippen molar-refractivity contribution >= 4 is 34.4 Å². The van der Waals surface area contributed by atoms with Crippen LogP contribution in [0, 0.1) is 0 Å². The van der Waals surface area contributed by atoms with Gasteiger partial charge in [0.05, 0.1) is 0 Å². The summed E-state index contributed by atoms with van der Waals surface area (Å²) in [5.41, 5.74) is 1.17. The highest BCUT2D eigenvalue weighted by atomic mass is 35.5. The molecule has 10 heavy (non-hydrogen) atoms. The number of carbonyl (C=O) groups is 2. The van der Waals surface area contributed by atoms with Crippen LogP contribution in [0.25, 0.3) is 0 Å². The highest BCUT2D eigenvalue weighted by molar-refractivity contribution is 6.80. The molecule has 0 saturated carbocycles. The van der Waals surface area contributed by atoms with E-state index in [0.717, 1.165) is 0 Å². The van der Waals surface area contributed by atoms with E-state index in [1.54, 1.807) is 0 Å². The Morgan fingerprint density at radius 2 is 2.10 bits per heavy atom. The van der Waals surface area contributed by atoms with Crippen molar-refractivity contribution in [3.8, 4) is 0 Å². The minimum absolute atomic E-state index is 0.0409. The van der Waals surface area contributed by atoms with Gasteiger partial charge in [-0.25, -0.2) is 4.79 Å². The van der Waals surface area contributed by atoms with Crippen molar-refractivity contribution in [2.75, 3.05) is 6.61 Å². The molecule has 0 aromatic carbocycles. The Hall–Kier alpha value is -0.540. The summed E-state index contributed by atoms with van der Waals surface area (Å²) in [6.45, 7) is -0.0409. The summed E-state index contributed by atoms with van der Waals surface area (Å²) < 4.78 is 4.25. The van der Waals surface area contributed by atoms with Crippen molar-refractivity contribution in [3.63, 3.8) is 0 Å². The maximum absolute atomic E-state index is 10.2. The molecule has 0 saturated heterocycles. The van der Waals surface area contributed by atoms with Gasteiger partial charge in [0.1, 0.15) is 6.61 Å². The second-order valence-corrected chi connectivity index (χ2v) is 1.83. The van der Waals surface area contributed by atoms with Crippen molar-refractivity contribution in [1.82, 2.24) is 0 Å². The first-order valence-corrected chi connectivity index (χ1v) is 3.11. The van der Waals surface area contributed by atoms with Crippen LogP contribution >= 0.6 is 23.2 Å². The fourth-order valence-corrected chi connectivity index (χ4v) is 0.344. The van der Waals surface area contributed by atoms with Crippen molar-refractivity contribution in [3.05, 3.63) is 11.6 Å². The molecule has 0 N–H and O–H groups in total. The Labute approximate surface area is 67.6 Å². The lowest BCUT2D eigenvalue weighted by atomic mass is 10.7. The zero-order valence-electron chi connectivity index (χ0n) is 4.84. The average Bonchev–Trinajstić information content (AvgIpc) is 1.88. The first-order chi connectivity index (χ1) is 4.68. The van der Waals surface area contributed by atoms with Crippen molar-refractivity contribution < 1.29 is 14.3 Å². The van der Waals surface area contributed by atoms with Crippen molar-refractivity contribution in [2.45, 2.75) is 0 Å². The fraction of sp³-hybridized carbons (Fsp3) is 0.200. The first-order valence-electron chi connectivity index (χ1n) is 2.30. The van der Waals surface area contributed by atoms with Crippen molar-refractivity contribution in [2.24, 2.45) is 0 Å². The van der Waals surface area contributed by atoms with E-state index in [-0.39, 0.29) is 6.61 Å². The number of hydrogen-bond acceptors (Lipinski definition) is 3. The van der Waals surface area contributed by atoms with Crippen LogP contribution in [0.2, 0.25) is 0 Å². The van der Waals surface area contributed by atoms with Gasteiger partial charge in [0.25, 0.3) is 0 Å². The molecule has 0 spiro atoms.